The first-order valence-corrected chi connectivity index (χ1v) is 9.52. The molecule has 0 N–H and O–H groups in total. The lowest BCUT2D eigenvalue weighted by Crippen LogP contribution is -2.15. The number of hydrogen-bond donors (Lipinski definition) is 0. The van der Waals surface area contributed by atoms with E-state index in [1.165, 1.54) is 25.3 Å². The second kappa shape index (κ2) is 9.94. The van der Waals surface area contributed by atoms with Crippen molar-refractivity contribution in [2.24, 2.45) is 0 Å². The molecule has 1 aromatic heterocycles. The van der Waals surface area contributed by atoms with Crippen molar-refractivity contribution in [3.63, 3.8) is 0 Å². The average molecular weight is 415 g/mol. The number of rotatable bonds is 8. The van der Waals surface area contributed by atoms with Crippen molar-refractivity contribution in [2.75, 3.05) is 13.7 Å². The fourth-order valence-electron chi connectivity index (χ4n) is 2.97. The number of carbonyl (C=O) groups excluding carboxylic acids is 2. The number of nitrogens with zero attached hydrogens (tertiary/aromatic N) is 2. The van der Waals surface area contributed by atoms with Crippen molar-refractivity contribution in [3.05, 3.63) is 57.4 Å². The third-order valence-corrected chi connectivity index (χ3v) is 4.80. The number of Topliss-reactive ketones (excluding diaryl/α,β-unsaturated/α-hetero) is 1. The number of carbonyl (C=O) groups is 2. The van der Waals surface area contributed by atoms with E-state index in [0.717, 1.165) is 29.9 Å². The smallest absolute Gasteiger partial charge is 0.349 e. The highest BCUT2D eigenvalue weighted by Gasteiger charge is 2.17. The molecular weight excluding hydrogens is 392 g/mol. The van der Waals surface area contributed by atoms with Crippen LogP contribution in [0.1, 0.15) is 40.7 Å². The lowest BCUT2D eigenvalue weighted by atomic mass is 10.1. The SMILES string of the molecule is CCCn1c(C)cc(/C=C(\C#N)C(=O)OCC(=O)c2ccc(OC)c(Cl)c2)c1C. The quantitative estimate of drug-likeness (QED) is 0.275. The van der Waals surface area contributed by atoms with Crippen molar-refractivity contribution in [2.45, 2.75) is 33.7 Å². The summed E-state index contributed by atoms with van der Waals surface area (Å²) in [7, 11) is 1.47. The molecule has 0 aliphatic carbocycles. The lowest BCUT2D eigenvalue weighted by Gasteiger charge is -2.07. The zero-order chi connectivity index (χ0) is 21.6. The Labute approximate surface area is 175 Å². The highest BCUT2D eigenvalue weighted by atomic mass is 35.5. The molecule has 1 aromatic carbocycles. The van der Waals surface area contributed by atoms with Gasteiger partial charge in [0.15, 0.2) is 12.4 Å². The summed E-state index contributed by atoms with van der Waals surface area (Å²) >= 11 is 6.01. The Balaban J connectivity index is 2.11. The van der Waals surface area contributed by atoms with Crippen LogP contribution < -0.4 is 4.74 Å². The third kappa shape index (κ3) is 5.27. The van der Waals surface area contributed by atoms with Crippen molar-refractivity contribution in [1.29, 1.82) is 5.26 Å². The van der Waals surface area contributed by atoms with Gasteiger partial charge >= 0.3 is 5.97 Å². The van der Waals surface area contributed by atoms with Crippen molar-refractivity contribution >= 4 is 29.4 Å². The summed E-state index contributed by atoms with van der Waals surface area (Å²) in [5.74, 6) is -0.836. The van der Waals surface area contributed by atoms with Crippen molar-refractivity contribution in [3.8, 4) is 11.8 Å². The average Bonchev–Trinajstić information content (AvgIpc) is 2.97. The minimum atomic E-state index is -0.847. The third-order valence-electron chi connectivity index (χ3n) is 4.51. The van der Waals surface area contributed by atoms with Crippen LogP contribution in [0, 0.1) is 25.2 Å². The summed E-state index contributed by atoms with van der Waals surface area (Å²) < 4.78 is 12.2. The summed E-state index contributed by atoms with van der Waals surface area (Å²) in [6, 6.07) is 8.31. The number of nitriles is 1. The van der Waals surface area contributed by atoms with E-state index in [0.29, 0.717) is 5.75 Å². The minimum Gasteiger partial charge on any atom is -0.495 e. The molecule has 0 atom stereocenters. The van der Waals surface area contributed by atoms with E-state index in [2.05, 4.69) is 11.5 Å². The van der Waals surface area contributed by atoms with Gasteiger partial charge in [0, 0.05) is 23.5 Å². The summed E-state index contributed by atoms with van der Waals surface area (Å²) in [6.07, 6.45) is 2.47. The first-order valence-electron chi connectivity index (χ1n) is 9.14. The van der Waals surface area contributed by atoms with Gasteiger partial charge in [-0.15, -0.1) is 0 Å². The summed E-state index contributed by atoms with van der Waals surface area (Å²) in [5.41, 5.74) is 2.91. The van der Waals surface area contributed by atoms with Gasteiger partial charge in [-0.3, -0.25) is 4.79 Å². The van der Waals surface area contributed by atoms with Crippen LogP contribution in [0.15, 0.2) is 29.8 Å². The van der Waals surface area contributed by atoms with Crippen LogP contribution >= 0.6 is 11.6 Å². The molecule has 29 heavy (non-hydrogen) atoms. The van der Waals surface area contributed by atoms with Gasteiger partial charge in [0.05, 0.1) is 12.1 Å². The Bertz CT molecular complexity index is 999. The van der Waals surface area contributed by atoms with E-state index in [1.54, 1.807) is 6.07 Å². The normalized spacial score (nSPS) is 11.1. The largest absolute Gasteiger partial charge is 0.495 e. The molecule has 7 heteroatoms. The highest BCUT2D eigenvalue weighted by molar-refractivity contribution is 6.32. The van der Waals surface area contributed by atoms with E-state index in [9.17, 15) is 14.9 Å². The van der Waals surface area contributed by atoms with E-state index in [-0.39, 0.29) is 16.2 Å². The second-order valence-electron chi connectivity index (χ2n) is 6.50. The first-order chi connectivity index (χ1) is 13.8. The molecule has 0 spiro atoms. The second-order valence-corrected chi connectivity index (χ2v) is 6.90. The number of benzene rings is 1. The van der Waals surface area contributed by atoms with Crippen LogP contribution in [-0.2, 0) is 16.1 Å². The Morgan fingerprint density at radius 1 is 1.28 bits per heavy atom. The van der Waals surface area contributed by atoms with E-state index < -0.39 is 18.4 Å². The van der Waals surface area contributed by atoms with E-state index in [1.807, 2.05) is 26.0 Å². The van der Waals surface area contributed by atoms with Crippen LogP contribution in [0.4, 0.5) is 0 Å². The van der Waals surface area contributed by atoms with Gasteiger partial charge in [0.2, 0.25) is 0 Å². The zero-order valence-corrected chi connectivity index (χ0v) is 17.7. The van der Waals surface area contributed by atoms with E-state index in [4.69, 9.17) is 21.1 Å². The van der Waals surface area contributed by atoms with Crippen molar-refractivity contribution < 1.29 is 19.1 Å². The van der Waals surface area contributed by atoms with Crippen LogP contribution in [0.3, 0.4) is 0 Å². The lowest BCUT2D eigenvalue weighted by molar-refractivity contribution is -0.137. The molecule has 0 fully saturated rings. The standard InChI is InChI=1S/C22H23ClN2O4/c1-5-8-25-14(2)9-17(15(25)3)10-18(12-24)22(27)29-13-20(26)16-6-7-21(28-4)19(23)11-16/h6-7,9-11H,5,8,13H2,1-4H3/b18-10+. The number of ether oxygens (including phenoxy) is 2. The predicted molar refractivity (Wildman–Crippen MR) is 111 cm³/mol. The maximum Gasteiger partial charge on any atom is 0.349 e. The molecule has 0 aliphatic rings. The number of ketones is 1. The Kier molecular flexibility index (Phi) is 7.63. The first kappa shape index (κ1) is 22.3. The maximum absolute atomic E-state index is 12.3. The van der Waals surface area contributed by atoms with Gasteiger partial charge < -0.3 is 14.0 Å². The molecule has 2 rings (SSSR count). The van der Waals surface area contributed by atoms with Gasteiger partial charge in [-0.25, -0.2) is 4.79 Å². The number of aromatic nitrogens is 1. The van der Waals surface area contributed by atoms with E-state index >= 15 is 0 Å². The van der Waals surface area contributed by atoms with Gasteiger partial charge in [0.25, 0.3) is 0 Å². The van der Waals surface area contributed by atoms with Crippen LogP contribution in [0.25, 0.3) is 6.08 Å². The minimum absolute atomic E-state index is 0.165. The fourth-order valence-corrected chi connectivity index (χ4v) is 3.22. The molecule has 0 unspecified atom stereocenters. The summed E-state index contributed by atoms with van der Waals surface area (Å²) in [5, 5.41) is 9.64. The van der Waals surface area contributed by atoms with Gasteiger partial charge in [-0.05, 0) is 56.2 Å². The Morgan fingerprint density at radius 3 is 2.59 bits per heavy atom. The molecular formula is C22H23ClN2O4. The predicted octanol–water partition coefficient (Wildman–Crippen LogP) is 4.51. The highest BCUT2D eigenvalue weighted by Crippen LogP contribution is 2.25. The zero-order valence-electron chi connectivity index (χ0n) is 16.9. The number of halogens is 1. The monoisotopic (exact) mass is 414 g/mol. The molecule has 0 bridgehead atoms. The molecule has 0 aliphatic heterocycles. The Morgan fingerprint density at radius 2 is 2.00 bits per heavy atom. The number of hydrogen-bond acceptors (Lipinski definition) is 5. The summed E-state index contributed by atoms with van der Waals surface area (Å²) in [6.45, 7) is 6.36. The molecule has 152 valence electrons. The maximum atomic E-state index is 12.3. The van der Waals surface area contributed by atoms with Crippen molar-refractivity contribution in [1.82, 2.24) is 4.57 Å². The molecule has 6 nitrogen and oxygen atoms in total. The van der Waals surface area contributed by atoms with Crippen LogP contribution in [0.2, 0.25) is 5.02 Å². The fraction of sp³-hybridized carbons (Fsp3) is 0.318. The molecule has 0 radical (unpaired) electrons. The molecule has 0 saturated carbocycles. The molecule has 2 aromatic rings. The molecule has 0 saturated heterocycles. The molecule has 0 amide bonds. The number of aryl methyl sites for hydroxylation is 1. The number of methoxy groups -OCH3 is 1. The number of esters is 1. The van der Waals surface area contributed by atoms with Gasteiger partial charge in [0.1, 0.15) is 17.4 Å². The van der Waals surface area contributed by atoms with Gasteiger partial charge in [-0.2, -0.15) is 5.26 Å². The molecule has 1 heterocycles. The van der Waals surface area contributed by atoms with Crippen LogP contribution in [0.5, 0.6) is 5.75 Å². The summed E-state index contributed by atoms with van der Waals surface area (Å²) in [4.78, 5) is 24.6. The van der Waals surface area contributed by atoms with Gasteiger partial charge in [-0.1, -0.05) is 18.5 Å². The topological polar surface area (TPSA) is 81.3 Å². The Hall–Kier alpha value is -3.04. The van der Waals surface area contributed by atoms with Crippen LogP contribution in [-0.4, -0.2) is 30.0 Å².